The molecule has 0 aliphatic rings. The first-order valence-electron chi connectivity index (χ1n) is 7.15. The Labute approximate surface area is 150 Å². The first-order valence-corrected chi connectivity index (χ1v) is 7.97. The van der Waals surface area contributed by atoms with Crippen LogP contribution in [-0.2, 0) is 0 Å². The van der Waals surface area contributed by atoms with E-state index in [1.54, 1.807) is 18.7 Å². The van der Waals surface area contributed by atoms with Gasteiger partial charge in [0, 0.05) is 11.1 Å². The summed E-state index contributed by atoms with van der Waals surface area (Å²) in [5.74, 6) is -0.613. The minimum atomic E-state index is -3.06. The van der Waals surface area contributed by atoms with Gasteiger partial charge in [0.2, 0.25) is 11.7 Å². The molecule has 0 fully saturated rings. The Morgan fingerprint density at radius 3 is 2.42 bits per heavy atom. The number of hydrogen-bond donors (Lipinski definition) is 3. The van der Waals surface area contributed by atoms with Crippen LogP contribution >= 0.6 is 11.9 Å². The monoisotopic (exact) mass is 384 g/mol. The van der Waals surface area contributed by atoms with Crippen LogP contribution in [0.2, 0.25) is 0 Å². The maximum Gasteiger partial charge on any atom is 0.387 e. The molecule has 0 spiro atoms. The summed E-state index contributed by atoms with van der Waals surface area (Å²) in [6, 6.07) is 1.88. The van der Waals surface area contributed by atoms with Gasteiger partial charge in [-0.2, -0.15) is 18.7 Å². The number of halogens is 2. The zero-order valence-electron chi connectivity index (χ0n) is 13.6. The molecule has 0 atom stereocenters. The third kappa shape index (κ3) is 3.96. The van der Waals surface area contributed by atoms with Crippen LogP contribution in [-0.4, -0.2) is 45.8 Å². The van der Waals surface area contributed by atoms with E-state index in [4.69, 9.17) is 9.47 Å². The van der Waals surface area contributed by atoms with Gasteiger partial charge in [0.1, 0.15) is 0 Å². The molecule has 3 rings (SSSR count). The minimum Gasteiger partial charge on any atom is -0.478 e. The molecule has 138 valence electrons. The van der Waals surface area contributed by atoms with E-state index in [0.29, 0.717) is 0 Å². The summed E-state index contributed by atoms with van der Waals surface area (Å²) in [6.45, 7) is -3.06. The average Bonchev–Trinajstić information content (AvgIpc) is 3.31. The third-order valence-corrected chi connectivity index (χ3v) is 3.86. The summed E-state index contributed by atoms with van der Waals surface area (Å²) in [6.07, 6.45) is 5.04. The van der Waals surface area contributed by atoms with Crippen LogP contribution in [0.5, 0.6) is 17.5 Å². The molecule has 9 nitrogen and oxygen atoms in total. The molecule has 0 aliphatic heterocycles. The largest absolute Gasteiger partial charge is 0.478 e. The van der Waals surface area contributed by atoms with Crippen LogP contribution in [0.3, 0.4) is 0 Å². The van der Waals surface area contributed by atoms with Crippen LogP contribution in [0.15, 0.2) is 29.7 Å². The van der Waals surface area contributed by atoms with Crippen molar-refractivity contribution in [2.45, 2.75) is 11.5 Å². The van der Waals surface area contributed by atoms with Crippen LogP contribution in [0.4, 0.5) is 14.7 Å². The lowest BCUT2D eigenvalue weighted by molar-refractivity contribution is -0.0533. The van der Waals surface area contributed by atoms with E-state index < -0.39 is 6.61 Å². The quantitative estimate of drug-likeness (QED) is 0.509. The molecule has 0 saturated heterocycles. The predicted molar refractivity (Wildman–Crippen MR) is 89.6 cm³/mol. The summed E-state index contributed by atoms with van der Waals surface area (Å²) < 4.78 is 42.3. The number of nitrogens with zero attached hydrogens (tertiary/aromatic N) is 3. The second-order valence-electron chi connectivity index (χ2n) is 4.69. The van der Waals surface area contributed by atoms with Crippen LogP contribution in [0, 0.1) is 0 Å². The second-order valence-corrected chi connectivity index (χ2v) is 5.57. The Morgan fingerprint density at radius 1 is 1.12 bits per heavy atom. The Kier molecular flexibility index (Phi) is 5.41. The maximum atomic E-state index is 12.5. The SMILES string of the molecule is COc1nc(NSc2c[nH]c(-c3cnc[nH]3)c2)nc(OC)c1OC(F)F. The summed E-state index contributed by atoms with van der Waals surface area (Å²) >= 11 is 1.21. The molecular weight excluding hydrogens is 370 g/mol. The maximum absolute atomic E-state index is 12.5. The van der Waals surface area contributed by atoms with Gasteiger partial charge in [-0.3, -0.25) is 4.72 Å². The van der Waals surface area contributed by atoms with Gasteiger partial charge in [0.25, 0.3) is 11.8 Å². The molecular formula is C14H14F2N6O3S. The van der Waals surface area contributed by atoms with Crippen molar-refractivity contribution in [2.24, 2.45) is 0 Å². The molecule has 0 radical (unpaired) electrons. The normalized spacial score (nSPS) is 10.8. The molecule has 3 heterocycles. The molecule has 3 aromatic rings. The van der Waals surface area contributed by atoms with E-state index in [9.17, 15) is 8.78 Å². The van der Waals surface area contributed by atoms with E-state index in [1.807, 2.05) is 6.07 Å². The number of imidazole rings is 1. The number of rotatable bonds is 8. The standard InChI is InChI=1S/C14H14F2N6O3S/c1-23-11-10(25-13(15)16)12(24-2)21-14(20-11)22-26-7-3-8(18-4-7)9-5-17-6-19-9/h3-6,13,18H,1-2H3,(H,17,19)(H,20,21,22). The van der Waals surface area contributed by atoms with E-state index in [-0.39, 0.29) is 23.5 Å². The molecule has 0 aromatic carbocycles. The lowest BCUT2D eigenvalue weighted by Crippen LogP contribution is -2.08. The number of nitrogens with one attached hydrogen (secondary N) is 3. The Hall–Kier alpha value is -3.02. The zero-order valence-corrected chi connectivity index (χ0v) is 14.4. The number of alkyl halides is 2. The van der Waals surface area contributed by atoms with Crippen molar-refractivity contribution in [3.63, 3.8) is 0 Å². The lowest BCUT2D eigenvalue weighted by atomic mass is 10.3. The molecule has 0 aliphatic carbocycles. The fourth-order valence-electron chi connectivity index (χ4n) is 2.02. The number of anilines is 1. The number of hydrogen-bond acceptors (Lipinski definition) is 8. The topological polar surface area (TPSA) is 110 Å². The molecule has 0 unspecified atom stereocenters. The van der Waals surface area contributed by atoms with Crippen molar-refractivity contribution in [2.75, 3.05) is 18.9 Å². The molecule has 3 aromatic heterocycles. The van der Waals surface area contributed by atoms with Gasteiger partial charge in [-0.25, -0.2) is 4.98 Å². The van der Waals surface area contributed by atoms with Crippen molar-refractivity contribution in [1.29, 1.82) is 0 Å². The summed E-state index contributed by atoms with van der Waals surface area (Å²) in [4.78, 5) is 18.9. The highest BCUT2D eigenvalue weighted by Crippen LogP contribution is 2.37. The highest BCUT2D eigenvalue weighted by atomic mass is 32.2. The van der Waals surface area contributed by atoms with Crippen LogP contribution in [0.1, 0.15) is 0 Å². The van der Waals surface area contributed by atoms with Gasteiger partial charge in [0.05, 0.1) is 38.1 Å². The molecule has 0 amide bonds. The van der Waals surface area contributed by atoms with Gasteiger partial charge < -0.3 is 24.2 Å². The predicted octanol–water partition coefficient (Wildman–Crippen LogP) is 2.93. The van der Waals surface area contributed by atoms with Crippen molar-refractivity contribution in [3.8, 4) is 28.9 Å². The van der Waals surface area contributed by atoms with Crippen LogP contribution in [0.25, 0.3) is 11.4 Å². The van der Waals surface area contributed by atoms with Crippen molar-refractivity contribution >= 4 is 17.9 Å². The zero-order chi connectivity index (χ0) is 18.5. The summed E-state index contributed by atoms with van der Waals surface area (Å²) in [5, 5.41) is 0. The summed E-state index contributed by atoms with van der Waals surface area (Å²) in [7, 11) is 2.56. The highest BCUT2D eigenvalue weighted by molar-refractivity contribution is 8.00. The Bertz CT molecular complexity index is 833. The van der Waals surface area contributed by atoms with Crippen molar-refractivity contribution in [3.05, 3.63) is 24.8 Å². The van der Waals surface area contributed by atoms with E-state index in [0.717, 1.165) is 16.3 Å². The van der Waals surface area contributed by atoms with E-state index in [2.05, 4.69) is 34.4 Å². The first-order chi connectivity index (χ1) is 12.6. The number of aromatic amines is 2. The number of H-pyrrole nitrogens is 2. The van der Waals surface area contributed by atoms with Crippen LogP contribution < -0.4 is 18.9 Å². The minimum absolute atomic E-state index is 0.106. The highest BCUT2D eigenvalue weighted by Gasteiger charge is 2.21. The number of aromatic nitrogens is 5. The Morgan fingerprint density at radius 2 is 1.85 bits per heavy atom. The van der Waals surface area contributed by atoms with Crippen molar-refractivity contribution in [1.82, 2.24) is 24.9 Å². The van der Waals surface area contributed by atoms with Gasteiger partial charge >= 0.3 is 6.61 Å². The second kappa shape index (κ2) is 7.91. The average molecular weight is 384 g/mol. The smallest absolute Gasteiger partial charge is 0.387 e. The number of methoxy groups -OCH3 is 2. The number of ether oxygens (including phenoxy) is 3. The van der Waals surface area contributed by atoms with Crippen molar-refractivity contribution < 1.29 is 23.0 Å². The Balaban J connectivity index is 1.75. The third-order valence-electron chi connectivity index (χ3n) is 3.10. The first kappa shape index (κ1) is 17.8. The molecule has 12 heteroatoms. The van der Waals surface area contributed by atoms with E-state index >= 15 is 0 Å². The summed E-state index contributed by atoms with van der Waals surface area (Å²) in [5.41, 5.74) is 1.69. The fraction of sp³-hybridized carbons (Fsp3) is 0.214. The van der Waals surface area contributed by atoms with Gasteiger partial charge in [-0.1, -0.05) is 0 Å². The molecule has 0 saturated carbocycles. The lowest BCUT2D eigenvalue weighted by Gasteiger charge is -2.13. The van der Waals surface area contributed by atoms with E-state index in [1.165, 1.54) is 26.2 Å². The molecule has 26 heavy (non-hydrogen) atoms. The van der Waals surface area contributed by atoms with Gasteiger partial charge in [-0.15, -0.1) is 0 Å². The molecule has 3 N–H and O–H groups in total. The molecule has 0 bridgehead atoms. The van der Waals surface area contributed by atoms with Gasteiger partial charge in [-0.05, 0) is 18.0 Å². The fourth-order valence-corrected chi connectivity index (χ4v) is 2.61. The van der Waals surface area contributed by atoms with Gasteiger partial charge in [0.15, 0.2) is 0 Å².